The van der Waals surface area contributed by atoms with Gasteiger partial charge in [-0.25, -0.2) is 4.79 Å². The normalized spacial score (nSPS) is 41.9. The van der Waals surface area contributed by atoms with Gasteiger partial charge in [0, 0.05) is 37.3 Å². The van der Waals surface area contributed by atoms with Crippen LogP contribution in [0.1, 0.15) is 100 Å². The molecular weight excluding hydrogens is 847 g/mol. The maximum absolute atomic E-state index is 14.4. The number of methoxy groups -OCH3 is 1. The summed E-state index contributed by atoms with van der Waals surface area (Å²) in [4.78, 5) is 34.5. The fourth-order valence-corrected chi connectivity index (χ4v) is 9.69. The molecule has 1 amide bonds. The second-order valence-corrected chi connectivity index (χ2v) is 19.4. The zero-order chi connectivity index (χ0) is 48.6. The number of aliphatic hydroxyl groups is 5. The Kier molecular flexibility index (Phi) is 19.6. The van der Waals surface area contributed by atoms with E-state index in [4.69, 9.17) is 38.0 Å². The number of likely N-dealkylation sites (N-methyl/N-ethyl adjacent to an activating group) is 1. The molecule has 3 aliphatic heterocycles. The highest BCUT2D eigenvalue weighted by molar-refractivity contribution is 5.88. The van der Waals surface area contributed by atoms with Gasteiger partial charge in [0.15, 0.2) is 12.6 Å². The zero-order valence-electron chi connectivity index (χ0n) is 40.7. The summed E-state index contributed by atoms with van der Waals surface area (Å²) in [6, 6.07) is 8.87. The predicted molar refractivity (Wildman–Crippen MR) is 239 cm³/mol. The lowest BCUT2D eigenvalue weighted by molar-refractivity contribution is -0.317. The number of carbonyl (C=O) groups excluding carboxylic acids is 2. The smallest absolute Gasteiger partial charge is 0.407 e. The Balaban J connectivity index is 1.75. The molecule has 0 spiro atoms. The predicted octanol–water partition coefficient (Wildman–Crippen LogP) is 3.52. The summed E-state index contributed by atoms with van der Waals surface area (Å²) in [7, 11) is 5.19. The first-order valence-electron chi connectivity index (χ1n) is 23.0. The second-order valence-electron chi connectivity index (χ2n) is 19.4. The molecule has 0 aromatic heterocycles. The van der Waals surface area contributed by atoms with Crippen LogP contribution in [0, 0.1) is 23.7 Å². The summed E-state index contributed by atoms with van der Waals surface area (Å²) in [5, 5.41) is 66.7. The van der Waals surface area contributed by atoms with E-state index in [2.05, 4.69) is 10.5 Å². The summed E-state index contributed by atoms with van der Waals surface area (Å²) >= 11 is 0. The van der Waals surface area contributed by atoms with E-state index in [1.807, 2.05) is 56.3 Å². The number of ether oxygens (including phenoxy) is 7. The molecule has 0 radical (unpaired) electrons. The summed E-state index contributed by atoms with van der Waals surface area (Å²) in [5.74, 6) is -4.33. The third kappa shape index (κ3) is 13.6. The van der Waals surface area contributed by atoms with Gasteiger partial charge in [0.25, 0.3) is 0 Å². The Morgan fingerprint density at radius 1 is 0.938 bits per heavy atom. The molecule has 372 valence electrons. The molecule has 2 unspecified atom stereocenters. The molecule has 6 N–H and O–H groups in total. The highest BCUT2D eigenvalue weighted by Crippen LogP contribution is 2.41. The van der Waals surface area contributed by atoms with Crippen molar-refractivity contribution in [3.8, 4) is 0 Å². The van der Waals surface area contributed by atoms with Crippen LogP contribution >= 0.6 is 0 Å². The van der Waals surface area contributed by atoms with Gasteiger partial charge in [-0.15, -0.1) is 0 Å². The van der Waals surface area contributed by atoms with Crippen molar-refractivity contribution in [1.29, 1.82) is 0 Å². The number of nitrogens with zero attached hydrogens (tertiary/aromatic N) is 2. The van der Waals surface area contributed by atoms with Crippen LogP contribution in [0.15, 0.2) is 35.5 Å². The van der Waals surface area contributed by atoms with Crippen LogP contribution in [0.25, 0.3) is 0 Å². The first kappa shape index (κ1) is 54.6. The van der Waals surface area contributed by atoms with Gasteiger partial charge in [-0.2, -0.15) is 0 Å². The molecule has 4 rings (SSSR count). The van der Waals surface area contributed by atoms with Crippen LogP contribution in [0.3, 0.4) is 0 Å². The van der Waals surface area contributed by atoms with Crippen molar-refractivity contribution >= 4 is 17.8 Å². The molecule has 0 bridgehead atoms. The van der Waals surface area contributed by atoms with Gasteiger partial charge in [-0.05, 0) is 80.5 Å². The molecule has 65 heavy (non-hydrogen) atoms. The van der Waals surface area contributed by atoms with Crippen molar-refractivity contribution in [3.63, 3.8) is 0 Å². The molecule has 18 nitrogen and oxygen atoms in total. The number of hydrogen-bond acceptors (Lipinski definition) is 17. The van der Waals surface area contributed by atoms with E-state index in [0.717, 1.165) is 5.56 Å². The minimum Gasteiger partial charge on any atom is -0.459 e. The molecular formula is C47H79N3O15. The van der Waals surface area contributed by atoms with Crippen molar-refractivity contribution in [3.05, 3.63) is 35.9 Å². The van der Waals surface area contributed by atoms with E-state index in [-0.39, 0.29) is 56.9 Å². The second kappa shape index (κ2) is 23.3. The van der Waals surface area contributed by atoms with Gasteiger partial charge >= 0.3 is 12.1 Å². The SMILES string of the molecule is CCC1OC(=O)[C@H](C)C(O[C@H]2C[C@@](C)(OC)[C@@H](O)[C@H](C)O2)[C@H](C)[C@@H](O[C@@H]2O[C@H](C)C[C@H](N(C)C)[C@H]2O)[C@](C)(O)C[C@@H](C)/C(=N\OCCNC(=O)OCc2ccccc2)[C@H](C)[C@@H](O)[C@]1(C)O. The lowest BCUT2D eigenvalue weighted by atomic mass is 9.73. The number of amides is 1. The largest absolute Gasteiger partial charge is 0.459 e. The number of aliphatic hydroxyl groups excluding tert-OH is 3. The summed E-state index contributed by atoms with van der Waals surface area (Å²) in [5.41, 5.74) is -3.82. The van der Waals surface area contributed by atoms with Gasteiger partial charge in [-0.1, -0.05) is 63.2 Å². The van der Waals surface area contributed by atoms with Crippen LogP contribution < -0.4 is 5.32 Å². The molecule has 18 heteroatoms. The van der Waals surface area contributed by atoms with Crippen molar-refractivity contribution in [2.75, 3.05) is 34.4 Å². The Morgan fingerprint density at radius 2 is 1.60 bits per heavy atom. The lowest BCUT2D eigenvalue weighted by Gasteiger charge is -2.49. The first-order chi connectivity index (χ1) is 30.4. The van der Waals surface area contributed by atoms with E-state index in [9.17, 15) is 35.1 Å². The highest BCUT2D eigenvalue weighted by Gasteiger charge is 2.53. The first-order valence-corrected chi connectivity index (χ1v) is 23.0. The average Bonchev–Trinajstić information content (AvgIpc) is 3.25. The zero-order valence-corrected chi connectivity index (χ0v) is 40.7. The number of alkyl carbamates (subject to hydrolysis) is 1. The number of benzene rings is 1. The van der Waals surface area contributed by atoms with Gasteiger partial charge < -0.3 is 73.7 Å². The van der Waals surface area contributed by atoms with Gasteiger partial charge in [0.1, 0.15) is 37.1 Å². The number of cyclic esters (lactones) is 1. The van der Waals surface area contributed by atoms with E-state index in [0.29, 0.717) is 6.42 Å². The Bertz CT molecular complexity index is 1680. The number of hydrogen-bond donors (Lipinski definition) is 6. The Morgan fingerprint density at radius 3 is 2.22 bits per heavy atom. The summed E-state index contributed by atoms with van der Waals surface area (Å²) in [6.45, 7) is 16.8. The van der Waals surface area contributed by atoms with Crippen molar-refractivity contribution in [2.45, 2.75) is 186 Å². The fraction of sp³-hybridized carbons (Fsp3) is 0.809. The molecule has 1 aromatic rings. The monoisotopic (exact) mass is 926 g/mol. The van der Waals surface area contributed by atoms with E-state index >= 15 is 0 Å². The molecule has 0 aliphatic carbocycles. The van der Waals surface area contributed by atoms with Gasteiger partial charge in [0.05, 0.1) is 59.9 Å². The number of esters is 1. The number of carbonyl (C=O) groups is 2. The molecule has 3 aliphatic rings. The molecule has 3 fully saturated rings. The van der Waals surface area contributed by atoms with Crippen molar-refractivity contribution < 1.29 is 73.1 Å². The Labute approximate surface area is 385 Å². The van der Waals surface area contributed by atoms with Crippen molar-refractivity contribution in [2.24, 2.45) is 28.8 Å². The van der Waals surface area contributed by atoms with E-state index in [1.165, 1.54) is 14.0 Å². The van der Waals surface area contributed by atoms with Crippen LogP contribution in [0.4, 0.5) is 4.79 Å². The maximum Gasteiger partial charge on any atom is 0.407 e. The van der Waals surface area contributed by atoms with Crippen LogP contribution in [0.5, 0.6) is 0 Å². The molecule has 0 saturated carbocycles. The van der Waals surface area contributed by atoms with E-state index in [1.54, 1.807) is 55.4 Å². The minimum atomic E-state index is -2.01. The van der Waals surface area contributed by atoms with Crippen LogP contribution in [0.2, 0.25) is 0 Å². The minimum absolute atomic E-state index is 0.0219. The molecule has 3 saturated heterocycles. The number of nitrogens with one attached hydrogen (secondary N) is 1. The summed E-state index contributed by atoms with van der Waals surface area (Å²) in [6.07, 6.45) is -10.6. The third-order valence-electron chi connectivity index (χ3n) is 13.7. The quantitative estimate of drug-likeness (QED) is 0.0943. The van der Waals surface area contributed by atoms with Gasteiger partial charge in [0.2, 0.25) is 0 Å². The Hall–Kier alpha value is -3.01. The van der Waals surface area contributed by atoms with Crippen LogP contribution in [-0.4, -0.2) is 167 Å². The van der Waals surface area contributed by atoms with Crippen molar-refractivity contribution in [1.82, 2.24) is 10.2 Å². The number of rotatable bonds is 13. The summed E-state index contributed by atoms with van der Waals surface area (Å²) < 4.78 is 43.1. The van der Waals surface area contributed by atoms with Gasteiger partial charge in [-0.3, -0.25) is 4.79 Å². The highest BCUT2D eigenvalue weighted by atomic mass is 16.7. The fourth-order valence-electron chi connectivity index (χ4n) is 9.69. The lowest BCUT2D eigenvalue weighted by Crippen LogP contribution is -2.61. The van der Waals surface area contributed by atoms with Crippen LogP contribution in [-0.2, 0) is 49.4 Å². The van der Waals surface area contributed by atoms with E-state index < -0.39 is 108 Å². The molecule has 3 heterocycles. The number of oxime groups is 1. The molecule has 1 aromatic carbocycles. The maximum atomic E-state index is 14.4. The standard InChI is InChI=1S/C47H79N3O15/c1-14-34-47(10,57)39(52)28(4)36(49-60-21-20-48-44(55)59-25-32-18-16-15-17-19-32)26(2)23-45(8,56)41(65-43-37(51)33(50(11)12)22-27(3)61-43)29(5)38(30(6)42(54)63-34)64-35-24-46(9,58-13)40(53)31(7)62-35/h15-19,26-31,33-35,37-41,43,51-53,56-57H,14,20-25H2,1-13H3,(H,48,55)/b49-36+/t26-,27-,28+,29+,30-,31+,33+,34?,35+,37-,38?,39-,40+,41-,43+,45-,46-,47-/m1/s1. The topological polar surface area (TPSA) is 237 Å². The molecule has 18 atom stereocenters. The third-order valence-corrected chi connectivity index (χ3v) is 13.7. The average molecular weight is 926 g/mol.